The van der Waals surface area contributed by atoms with Crippen LogP contribution in [0.15, 0.2) is 30.5 Å². The molecule has 13 heteroatoms. The summed E-state index contributed by atoms with van der Waals surface area (Å²) in [6.07, 6.45) is 0.336. The second-order valence-corrected chi connectivity index (χ2v) is 9.30. The maximum Gasteiger partial charge on any atom is 0.328 e. The molecule has 0 spiro atoms. The van der Waals surface area contributed by atoms with Gasteiger partial charge in [-0.05, 0) is 51.3 Å². The van der Waals surface area contributed by atoms with Crippen LogP contribution >= 0.6 is 0 Å². The van der Waals surface area contributed by atoms with Crippen LogP contribution < -0.4 is 27.4 Å². The number of para-hydroxylation sites is 1. The number of aromatic amines is 1. The second kappa shape index (κ2) is 14.4. The number of hydrogen-bond acceptors (Lipinski definition) is 8. The minimum Gasteiger partial charge on any atom is -0.480 e. The number of unbranched alkanes of at least 4 members (excludes halogenated alkanes) is 1. The molecule has 1 heterocycles. The molecule has 6 unspecified atom stereocenters. The molecule has 210 valence electrons. The standard InChI is InChI=1S/C25H38N6O7/c1-13(32)20(27)24(36)30-19(11-15-12-28-17-8-4-3-7-16(15)17)23(35)29-18(9-5-6-10-26)22(34)31-21(14(2)33)25(37)38/h3-4,7-8,12-14,18-21,28,32-33H,5-6,9-11,26-27H2,1-2H3,(H,29,35)(H,30,36)(H,31,34)(H,37,38). The lowest BCUT2D eigenvalue weighted by Gasteiger charge is -2.26. The maximum atomic E-state index is 13.4. The highest BCUT2D eigenvalue weighted by Crippen LogP contribution is 2.19. The average molecular weight is 535 g/mol. The van der Waals surface area contributed by atoms with Crippen LogP contribution in [0.3, 0.4) is 0 Å². The molecule has 0 aliphatic rings. The molecule has 2 rings (SSSR count). The summed E-state index contributed by atoms with van der Waals surface area (Å²) in [6.45, 7) is 2.92. The van der Waals surface area contributed by atoms with Crippen molar-refractivity contribution < 1.29 is 34.5 Å². The van der Waals surface area contributed by atoms with Gasteiger partial charge < -0.3 is 47.7 Å². The first-order chi connectivity index (χ1) is 18.0. The third-order valence-corrected chi connectivity index (χ3v) is 6.18. The summed E-state index contributed by atoms with van der Waals surface area (Å²) in [6, 6.07) is 2.17. The number of carbonyl (C=O) groups is 4. The Morgan fingerprint density at radius 2 is 1.55 bits per heavy atom. The summed E-state index contributed by atoms with van der Waals surface area (Å²) >= 11 is 0. The molecule has 0 radical (unpaired) electrons. The maximum absolute atomic E-state index is 13.4. The van der Waals surface area contributed by atoms with E-state index < -0.39 is 60.1 Å². The van der Waals surface area contributed by atoms with Crippen molar-refractivity contribution >= 4 is 34.6 Å². The number of nitrogens with one attached hydrogen (secondary N) is 4. The lowest BCUT2D eigenvalue weighted by atomic mass is 10.0. The van der Waals surface area contributed by atoms with Gasteiger partial charge in [-0.1, -0.05) is 18.2 Å². The molecule has 1 aromatic carbocycles. The number of rotatable bonds is 15. The Morgan fingerprint density at radius 3 is 2.16 bits per heavy atom. The summed E-state index contributed by atoms with van der Waals surface area (Å²) in [5.41, 5.74) is 12.8. The van der Waals surface area contributed by atoms with E-state index in [1.54, 1.807) is 6.20 Å². The number of aliphatic hydroxyl groups is 2. The Balaban J connectivity index is 2.30. The van der Waals surface area contributed by atoms with E-state index in [1.807, 2.05) is 24.3 Å². The van der Waals surface area contributed by atoms with E-state index in [9.17, 15) is 34.5 Å². The minimum atomic E-state index is -1.58. The average Bonchev–Trinajstić information content (AvgIpc) is 3.27. The number of aliphatic hydroxyl groups excluding tert-OH is 2. The number of benzene rings is 1. The van der Waals surface area contributed by atoms with E-state index in [2.05, 4.69) is 20.9 Å². The van der Waals surface area contributed by atoms with Gasteiger partial charge >= 0.3 is 5.97 Å². The first-order valence-corrected chi connectivity index (χ1v) is 12.5. The zero-order chi connectivity index (χ0) is 28.4. The molecule has 0 aliphatic heterocycles. The Hall–Kier alpha value is -3.52. The fourth-order valence-electron chi connectivity index (χ4n) is 3.89. The predicted octanol–water partition coefficient (Wildman–Crippen LogP) is -1.53. The van der Waals surface area contributed by atoms with Crippen LogP contribution in [0, 0.1) is 0 Å². The van der Waals surface area contributed by atoms with Crippen LogP contribution in [-0.4, -0.2) is 86.9 Å². The number of nitrogens with two attached hydrogens (primary N) is 2. The lowest BCUT2D eigenvalue weighted by Crippen LogP contribution is -2.59. The number of hydrogen-bond donors (Lipinski definition) is 9. The van der Waals surface area contributed by atoms with Gasteiger partial charge in [-0.25, -0.2) is 4.79 Å². The van der Waals surface area contributed by atoms with E-state index in [1.165, 1.54) is 13.8 Å². The lowest BCUT2D eigenvalue weighted by molar-refractivity contribution is -0.145. The molecule has 1 aromatic heterocycles. The Bertz CT molecular complexity index is 1100. The Kier molecular flexibility index (Phi) is 11.7. The topological polar surface area (TPSA) is 233 Å². The third kappa shape index (κ3) is 8.52. The number of amides is 3. The zero-order valence-corrected chi connectivity index (χ0v) is 21.5. The number of carboxylic acid groups (broad SMARTS) is 1. The van der Waals surface area contributed by atoms with Crippen LogP contribution in [0.5, 0.6) is 0 Å². The number of carbonyl (C=O) groups excluding carboxylic acids is 3. The molecule has 13 nitrogen and oxygen atoms in total. The van der Waals surface area contributed by atoms with Crippen molar-refractivity contribution in [2.24, 2.45) is 11.5 Å². The van der Waals surface area contributed by atoms with Gasteiger partial charge in [0, 0.05) is 23.5 Å². The SMILES string of the molecule is CC(O)C(N)C(=O)NC(Cc1c[nH]c2ccccc12)C(=O)NC(CCCCN)C(=O)NC(C(=O)O)C(C)O. The van der Waals surface area contributed by atoms with Gasteiger partial charge in [-0.15, -0.1) is 0 Å². The first-order valence-electron chi connectivity index (χ1n) is 12.5. The van der Waals surface area contributed by atoms with Crippen molar-refractivity contribution in [3.63, 3.8) is 0 Å². The fourth-order valence-corrected chi connectivity index (χ4v) is 3.89. The summed E-state index contributed by atoms with van der Waals surface area (Å²) < 4.78 is 0. The highest BCUT2D eigenvalue weighted by Gasteiger charge is 2.32. The van der Waals surface area contributed by atoms with Crippen LogP contribution in [0.25, 0.3) is 10.9 Å². The molecule has 11 N–H and O–H groups in total. The van der Waals surface area contributed by atoms with Crippen molar-refractivity contribution in [2.75, 3.05) is 6.54 Å². The van der Waals surface area contributed by atoms with Crippen molar-refractivity contribution in [3.8, 4) is 0 Å². The van der Waals surface area contributed by atoms with Gasteiger partial charge in [0.15, 0.2) is 6.04 Å². The quantitative estimate of drug-likeness (QED) is 0.120. The molecule has 0 bridgehead atoms. The molecular weight excluding hydrogens is 496 g/mol. The molecular formula is C25H38N6O7. The van der Waals surface area contributed by atoms with Gasteiger partial charge in [0.05, 0.1) is 12.2 Å². The molecule has 3 amide bonds. The highest BCUT2D eigenvalue weighted by atomic mass is 16.4. The van der Waals surface area contributed by atoms with Gasteiger partial charge in [0.2, 0.25) is 17.7 Å². The van der Waals surface area contributed by atoms with E-state index >= 15 is 0 Å². The highest BCUT2D eigenvalue weighted by molar-refractivity contribution is 5.95. The molecule has 2 aromatic rings. The van der Waals surface area contributed by atoms with Crippen LogP contribution in [0.2, 0.25) is 0 Å². The number of H-pyrrole nitrogens is 1. The molecule has 0 saturated heterocycles. The van der Waals surface area contributed by atoms with Crippen molar-refractivity contribution in [1.82, 2.24) is 20.9 Å². The summed E-state index contributed by atoms with van der Waals surface area (Å²) in [5.74, 6) is -3.71. The van der Waals surface area contributed by atoms with Crippen molar-refractivity contribution in [1.29, 1.82) is 0 Å². The molecule has 38 heavy (non-hydrogen) atoms. The molecule has 0 saturated carbocycles. The van der Waals surface area contributed by atoms with Gasteiger partial charge in [0.1, 0.15) is 18.1 Å². The van der Waals surface area contributed by atoms with Gasteiger partial charge in [0.25, 0.3) is 0 Å². The number of aromatic nitrogens is 1. The van der Waals surface area contributed by atoms with Gasteiger partial charge in [-0.2, -0.15) is 0 Å². The molecule has 0 aliphatic carbocycles. The number of aliphatic carboxylic acids is 1. The zero-order valence-electron chi connectivity index (χ0n) is 21.5. The fraction of sp³-hybridized carbons (Fsp3) is 0.520. The Labute approximate surface area is 220 Å². The minimum absolute atomic E-state index is 0.0384. The molecule has 6 atom stereocenters. The summed E-state index contributed by atoms with van der Waals surface area (Å²) in [7, 11) is 0. The third-order valence-electron chi connectivity index (χ3n) is 6.18. The largest absolute Gasteiger partial charge is 0.480 e. The van der Waals surface area contributed by atoms with Crippen molar-refractivity contribution in [3.05, 3.63) is 36.0 Å². The van der Waals surface area contributed by atoms with E-state index in [0.29, 0.717) is 19.4 Å². The summed E-state index contributed by atoms with van der Waals surface area (Å²) in [5, 5.41) is 37.0. The van der Waals surface area contributed by atoms with E-state index in [-0.39, 0.29) is 12.8 Å². The smallest absolute Gasteiger partial charge is 0.328 e. The van der Waals surface area contributed by atoms with E-state index in [4.69, 9.17) is 11.5 Å². The number of carboxylic acids is 1. The Morgan fingerprint density at radius 1 is 0.921 bits per heavy atom. The second-order valence-electron chi connectivity index (χ2n) is 9.30. The normalized spacial score (nSPS) is 16.1. The first kappa shape index (κ1) is 30.7. The van der Waals surface area contributed by atoms with Crippen LogP contribution in [0.1, 0.15) is 38.7 Å². The van der Waals surface area contributed by atoms with E-state index in [0.717, 1.165) is 16.5 Å². The van der Waals surface area contributed by atoms with Crippen LogP contribution in [0.4, 0.5) is 0 Å². The van der Waals surface area contributed by atoms with Crippen LogP contribution in [-0.2, 0) is 25.6 Å². The predicted molar refractivity (Wildman–Crippen MR) is 140 cm³/mol. The summed E-state index contributed by atoms with van der Waals surface area (Å²) in [4.78, 5) is 53.6. The number of fused-ring (bicyclic) bond motifs is 1. The molecule has 0 fully saturated rings. The monoisotopic (exact) mass is 534 g/mol. The van der Waals surface area contributed by atoms with Crippen molar-refractivity contribution in [2.45, 2.75) is 75.9 Å². The van der Waals surface area contributed by atoms with Gasteiger partial charge in [-0.3, -0.25) is 14.4 Å².